The molecule has 0 heterocycles. The maximum atomic E-state index is 9.90. The van der Waals surface area contributed by atoms with Crippen molar-refractivity contribution in [2.45, 2.75) is 24.4 Å². The van der Waals surface area contributed by atoms with Gasteiger partial charge in [-0.15, -0.1) is 0 Å². The Morgan fingerprint density at radius 2 is 1.29 bits per heavy atom. The van der Waals surface area contributed by atoms with E-state index >= 15 is 0 Å². The second kappa shape index (κ2) is 9.69. The molecular weight excluding hydrogens is 342 g/mol. The normalized spacial score (nSPS) is 18.0. The molecule has 15 heteroatoms. The van der Waals surface area contributed by atoms with Gasteiger partial charge in [0.05, 0.1) is 6.61 Å². The van der Waals surface area contributed by atoms with Gasteiger partial charge in [-0.1, -0.05) is 0 Å². The van der Waals surface area contributed by atoms with Crippen LogP contribution in [-0.4, -0.2) is 82.4 Å². The third-order valence-electron chi connectivity index (χ3n) is 1.63. The van der Waals surface area contributed by atoms with Crippen LogP contribution >= 0.6 is 15.6 Å². The minimum Gasteiger partial charge on any atom is -0.394 e. The fraction of sp³-hybridized carbons (Fsp3) is 0.833. The average Bonchev–Trinajstić information content (AvgIpc) is 2.31. The SMILES string of the molecule is O=CC(O)C(O)C(O)C(O)CO.O=P(O)(O)OP(=O)(O)O. The van der Waals surface area contributed by atoms with Gasteiger partial charge >= 0.3 is 15.6 Å². The van der Waals surface area contributed by atoms with Crippen molar-refractivity contribution in [2.75, 3.05) is 6.61 Å². The molecule has 0 bridgehead atoms. The van der Waals surface area contributed by atoms with Crippen molar-refractivity contribution < 1.29 is 63.3 Å². The predicted octanol–water partition coefficient (Wildman–Crippen LogP) is -4.19. The van der Waals surface area contributed by atoms with Gasteiger partial charge < -0.3 is 49.9 Å². The van der Waals surface area contributed by atoms with Crippen LogP contribution in [0.5, 0.6) is 0 Å². The summed E-state index contributed by atoms with van der Waals surface area (Å²) in [5, 5.41) is 43.5. The molecule has 0 saturated heterocycles. The summed E-state index contributed by atoms with van der Waals surface area (Å²) in [6, 6.07) is 0. The van der Waals surface area contributed by atoms with E-state index in [1.807, 2.05) is 0 Å². The molecule has 0 aliphatic carbocycles. The van der Waals surface area contributed by atoms with Crippen LogP contribution in [0.4, 0.5) is 0 Å². The van der Waals surface area contributed by atoms with Gasteiger partial charge in [-0.3, -0.25) is 0 Å². The first kappa shape index (κ1) is 23.0. The van der Waals surface area contributed by atoms with Crippen LogP contribution in [0.3, 0.4) is 0 Å². The fourth-order valence-corrected chi connectivity index (χ4v) is 1.87. The molecule has 0 fully saturated rings. The summed E-state index contributed by atoms with van der Waals surface area (Å²) < 4.78 is 22.2. The average molecular weight is 358 g/mol. The van der Waals surface area contributed by atoms with Crippen molar-refractivity contribution in [2.24, 2.45) is 0 Å². The minimum absolute atomic E-state index is 0.0258. The highest BCUT2D eigenvalue weighted by Gasteiger charge is 2.29. The molecule has 4 unspecified atom stereocenters. The number of phosphoric acid groups is 2. The summed E-state index contributed by atoms with van der Waals surface area (Å²) in [5.41, 5.74) is 0. The summed E-state index contributed by atoms with van der Waals surface area (Å²) in [4.78, 5) is 40.9. The van der Waals surface area contributed by atoms with Gasteiger partial charge in [0.1, 0.15) is 24.4 Å². The largest absolute Gasteiger partial charge is 0.478 e. The highest BCUT2D eigenvalue weighted by Crippen LogP contribution is 2.53. The molecule has 0 radical (unpaired) electrons. The van der Waals surface area contributed by atoms with E-state index in [-0.39, 0.29) is 6.29 Å². The monoisotopic (exact) mass is 358 g/mol. The zero-order valence-electron chi connectivity index (χ0n) is 10.1. The van der Waals surface area contributed by atoms with E-state index in [2.05, 4.69) is 4.31 Å². The van der Waals surface area contributed by atoms with Gasteiger partial charge in [-0.2, -0.15) is 4.31 Å². The Bertz CT molecular complexity index is 366. The van der Waals surface area contributed by atoms with E-state index in [0.717, 1.165) is 0 Å². The third-order valence-corrected chi connectivity index (χ3v) is 3.34. The number of aldehydes is 1. The zero-order valence-corrected chi connectivity index (χ0v) is 11.9. The van der Waals surface area contributed by atoms with Gasteiger partial charge in [-0.05, 0) is 0 Å². The summed E-state index contributed by atoms with van der Waals surface area (Å²) in [6.45, 7) is -0.760. The molecule has 0 amide bonds. The van der Waals surface area contributed by atoms with Crippen LogP contribution in [0.1, 0.15) is 0 Å². The lowest BCUT2D eigenvalue weighted by atomic mass is 10.0. The van der Waals surface area contributed by atoms with Crippen LogP contribution in [0, 0.1) is 0 Å². The van der Waals surface area contributed by atoms with Crippen LogP contribution < -0.4 is 0 Å². The number of rotatable bonds is 7. The molecule has 0 spiro atoms. The Balaban J connectivity index is 0. The summed E-state index contributed by atoms with van der Waals surface area (Å²) in [5.74, 6) is 0. The number of aliphatic hydroxyl groups excluding tert-OH is 5. The molecule has 21 heavy (non-hydrogen) atoms. The molecule has 0 aromatic rings. The van der Waals surface area contributed by atoms with Crippen molar-refractivity contribution in [3.8, 4) is 0 Å². The summed E-state index contributed by atoms with van der Waals surface area (Å²) in [7, 11) is -10.1. The van der Waals surface area contributed by atoms with E-state index in [1.165, 1.54) is 0 Å². The summed E-state index contributed by atoms with van der Waals surface area (Å²) in [6.07, 6.45) is -6.84. The maximum absolute atomic E-state index is 9.90. The number of aliphatic hydroxyl groups is 5. The maximum Gasteiger partial charge on any atom is 0.478 e. The molecule has 0 aromatic heterocycles. The van der Waals surface area contributed by atoms with Gasteiger partial charge in [0.2, 0.25) is 0 Å². The van der Waals surface area contributed by atoms with E-state index in [9.17, 15) is 13.9 Å². The molecule has 0 aliphatic rings. The Hall–Kier alpha value is -0.270. The molecule has 0 aromatic carbocycles. The quantitative estimate of drug-likeness (QED) is 0.155. The van der Waals surface area contributed by atoms with Crippen molar-refractivity contribution in [1.82, 2.24) is 0 Å². The Morgan fingerprint density at radius 1 is 0.905 bits per heavy atom. The smallest absolute Gasteiger partial charge is 0.394 e. The first-order valence-electron chi connectivity index (χ1n) is 4.86. The van der Waals surface area contributed by atoms with E-state index in [1.54, 1.807) is 0 Å². The van der Waals surface area contributed by atoms with Gasteiger partial charge in [0, 0.05) is 0 Å². The first-order chi connectivity index (χ1) is 9.25. The Labute approximate surface area is 117 Å². The second-order valence-electron chi connectivity index (χ2n) is 3.42. The number of carbonyl (C=O) groups excluding carboxylic acids is 1. The molecule has 0 saturated carbocycles. The fourth-order valence-electron chi connectivity index (χ4n) is 0.757. The van der Waals surface area contributed by atoms with Crippen LogP contribution in [-0.2, 0) is 18.2 Å². The van der Waals surface area contributed by atoms with Crippen molar-refractivity contribution in [3.05, 3.63) is 0 Å². The van der Waals surface area contributed by atoms with Crippen LogP contribution in [0.15, 0.2) is 0 Å². The van der Waals surface area contributed by atoms with Crippen molar-refractivity contribution >= 4 is 21.9 Å². The summed E-state index contributed by atoms with van der Waals surface area (Å²) >= 11 is 0. The topological polar surface area (TPSA) is 243 Å². The highest BCUT2D eigenvalue weighted by molar-refractivity contribution is 7.60. The Kier molecular flexibility index (Phi) is 10.6. The van der Waals surface area contributed by atoms with Crippen LogP contribution in [0.25, 0.3) is 0 Å². The number of hydrogen-bond donors (Lipinski definition) is 9. The first-order valence-corrected chi connectivity index (χ1v) is 7.92. The molecule has 4 atom stereocenters. The second-order valence-corrected chi connectivity index (χ2v) is 6.04. The van der Waals surface area contributed by atoms with Gasteiger partial charge in [0.15, 0.2) is 6.29 Å². The van der Waals surface area contributed by atoms with Crippen LogP contribution in [0.2, 0.25) is 0 Å². The van der Waals surface area contributed by atoms with E-state index in [0.29, 0.717) is 0 Å². The highest BCUT2D eigenvalue weighted by atomic mass is 31.3. The molecular formula is C6H16O13P2. The van der Waals surface area contributed by atoms with Crippen molar-refractivity contribution in [3.63, 3.8) is 0 Å². The standard InChI is InChI=1S/C6H12O6.H4O7P2/c7-1-3(9)5(11)6(12)4(10)2-8;1-8(2,3)7-9(4,5)6/h1,3-6,8-12H,2H2;(H2,1,2,3)(H2,4,5,6). The number of hydrogen-bond acceptors (Lipinski definition) is 9. The molecule has 9 N–H and O–H groups in total. The molecule has 13 nitrogen and oxygen atoms in total. The lowest BCUT2D eigenvalue weighted by molar-refractivity contribution is -0.136. The lowest BCUT2D eigenvalue weighted by Crippen LogP contribution is -2.46. The van der Waals surface area contributed by atoms with Gasteiger partial charge in [0.25, 0.3) is 0 Å². The minimum atomic E-state index is -5.05. The third kappa shape index (κ3) is 13.1. The van der Waals surface area contributed by atoms with Gasteiger partial charge in [-0.25, -0.2) is 9.13 Å². The molecule has 0 rings (SSSR count). The van der Waals surface area contributed by atoms with Crippen molar-refractivity contribution in [1.29, 1.82) is 0 Å². The lowest BCUT2D eigenvalue weighted by Gasteiger charge is -2.22. The predicted molar refractivity (Wildman–Crippen MR) is 62.4 cm³/mol. The molecule has 0 aliphatic heterocycles. The van der Waals surface area contributed by atoms with E-state index < -0.39 is 46.7 Å². The zero-order chi connectivity index (χ0) is 17.4. The number of carbonyl (C=O) groups is 1. The molecule has 128 valence electrons. The Morgan fingerprint density at radius 3 is 1.48 bits per heavy atom. The van der Waals surface area contributed by atoms with E-state index in [4.69, 9.17) is 45.1 Å².